The maximum atomic E-state index is 13.2. The molecule has 1 aromatic carbocycles. The monoisotopic (exact) mass is 273 g/mol. The van der Waals surface area contributed by atoms with E-state index < -0.39 is 0 Å². The first kappa shape index (κ1) is 12.8. The van der Waals surface area contributed by atoms with Gasteiger partial charge in [-0.05, 0) is 36.6 Å². The van der Waals surface area contributed by atoms with Gasteiger partial charge in [-0.3, -0.25) is 4.98 Å². The molecule has 0 amide bonds. The summed E-state index contributed by atoms with van der Waals surface area (Å²) >= 11 is 0. The van der Waals surface area contributed by atoms with Gasteiger partial charge in [-0.15, -0.1) is 0 Å². The molecule has 1 aliphatic rings. The highest BCUT2D eigenvalue weighted by molar-refractivity contribution is 5.43. The maximum absolute atomic E-state index is 13.2. The SMILES string of the molecule is CCOc1cncc(N2CCc3cc(F)ccc3C2)n1. The largest absolute Gasteiger partial charge is 0.477 e. The van der Waals surface area contributed by atoms with E-state index >= 15 is 0 Å². The van der Waals surface area contributed by atoms with Crippen LogP contribution >= 0.6 is 0 Å². The zero-order chi connectivity index (χ0) is 13.9. The second-order valence-corrected chi connectivity index (χ2v) is 4.73. The molecule has 0 radical (unpaired) electrons. The lowest BCUT2D eigenvalue weighted by molar-refractivity contribution is 0.325. The van der Waals surface area contributed by atoms with Crippen LogP contribution in [-0.2, 0) is 13.0 Å². The zero-order valence-electron chi connectivity index (χ0n) is 11.3. The first-order chi connectivity index (χ1) is 9.76. The molecule has 0 bridgehead atoms. The highest BCUT2D eigenvalue weighted by Crippen LogP contribution is 2.24. The average molecular weight is 273 g/mol. The normalized spacial score (nSPS) is 14.0. The van der Waals surface area contributed by atoms with Crippen LogP contribution in [0.25, 0.3) is 0 Å². The molecule has 0 N–H and O–H groups in total. The summed E-state index contributed by atoms with van der Waals surface area (Å²) in [6, 6.07) is 4.97. The molecule has 1 aromatic heterocycles. The van der Waals surface area contributed by atoms with Crippen molar-refractivity contribution in [1.29, 1.82) is 0 Å². The van der Waals surface area contributed by atoms with Gasteiger partial charge in [0, 0.05) is 13.1 Å². The molecule has 0 fully saturated rings. The Morgan fingerprint density at radius 3 is 3.05 bits per heavy atom. The van der Waals surface area contributed by atoms with Crippen molar-refractivity contribution in [2.75, 3.05) is 18.1 Å². The van der Waals surface area contributed by atoms with E-state index in [2.05, 4.69) is 14.9 Å². The minimum Gasteiger partial charge on any atom is -0.477 e. The molecule has 104 valence electrons. The van der Waals surface area contributed by atoms with Gasteiger partial charge in [0.15, 0.2) is 5.82 Å². The second-order valence-electron chi connectivity index (χ2n) is 4.73. The molecule has 0 unspecified atom stereocenters. The average Bonchev–Trinajstić information content (AvgIpc) is 2.47. The number of rotatable bonds is 3. The van der Waals surface area contributed by atoms with Crippen LogP contribution in [0.15, 0.2) is 30.6 Å². The summed E-state index contributed by atoms with van der Waals surface area (Å²) in [5, 5.41) is 0. The maximum Gasteiger partial charge on any atom is 0.234 e. The predicted octanol–water partition coefficient (Wildman–Crippen LogP) is 2.58. The molecular formula is C15H16FN3O. The van der Waals surface area contributed by atoms with Crippen molar-refractivity contribution in [3.8, 4) is 5.88 Å². The molecule has 1 aliphatic heterocycles. The van der Waals surface area contributed by atoms with E-state index in [4.69, 9.17) is 4.74 Å². The number of aromatic nitrogens is 2. The molecule has 0 atom stereocenters. The van der Waals surface area contributed by atoms with E-state index in [0.717, 1.165) is 36.5 Å². The van der Waals surface area contributed by atoms with E-state index in [0.29, 0.717) is 12.5 Å². The minimum atomic E-state index is -0.171. The molecular weight excluding hydrogens is 257 g/mol. The number of halogens is 1. The Bertz CT molecular complexity index is 618. The number of hydrogen-bond donors (Lipinski definition) is 0. The van der Waals surface area contributed by atoms with Crippen molar-refractivity contribution >= 4 is 5.82 Å². The first-order valence-corrected chi connectivity index (χ1v) is 6.73. The van der Waals surface area contributed by atoms with Crippen molar-refractivity contribution in [2.24, 2.45) is 0 Å². The highest BCUT2D eigenvalue weighted by Gasteiger charge is 2.18. The molecule has 5 heteroatoms. The van der Waals surface area contributed by atoms with Gasteiger partial charge < -0.3 is 9.64 Å². The fourth-order valence-corrected chi connectivity index (χ4v) is 2.43. The van der Waals surface area contributed by atoms with Gasteiger partial charge >= 0.3 is 0 Å². The topological polar surface area (TPSA) is 38.2 Å². The van der Waals surface area contributed by atoms with E-state index in [1.165, 1.54) is 6.07 Å². The van der Waals surface area contributed by atoms with Crippen LogP contribution in [0.3, 0.4) is 0 Å². The van der Waals surface area contributed by atoms with Gasteiger partial charge in [0.05, 0.1) is 19.0 Å². The van der Waals surface area contributed by atoms with Crippen LogP contribution < -0.4 is 9.64 Å². The Labute approximate surface area is 117 Å². The Morgan fingerprint density at radius 1 is 1.30 bits per heavy atom. The van der Waals surface area contributed by atoms with Crippen molar-refractivity contribution in [1.82, 2.24) is 9.97 Å². The number of hydrogen-bond acceptors (Lipinski definition) is 4. The number of benzene rings is 1. The predicted molar refractivity (Wildman–Crippen MR) is 74.4 cm³/mol. The van der Waals surface area contributed by atoms with E-state index in [1.54, 1.807) is 18.5 Å². The molecule has 0 saturated carbocycles. The van der Waals surface area contributed by atoms with Crippen molar-refractivity contribution in [2.45, 2.75) is 19.9 Å². The van der Waals surface area contributed by atoms with Crippen LogP contribution in [0.1, 0.15) is 18.1 Å². The summed E-state index contributed by atoms with van der Waals surface area (Å²) < 4.78 is 18.6. The Morgan fingerprint density at radius 2 is 2.20 bits per heavy atom. The third-order valence-corrected chi connectivity index (χ3v) is 3.40. The molecule has 0 saturated heterocycles. The van der Waals surface area contributed by atoms with Gasteiger partial charge in [0.2, 0.25) is 5.88 Å². The number of anilines is 1. The summed E-state index contributed by atoms with van der Waals surface area (Å²) in [5.74, 6) is 1.16. The van der Waals surface area contributed by atoms with Crippen molar-refractivity contribution < 1.29 is 9.13 Å². The quantitative estimate of drug-likeness (QED) is 0.861. The lowest BCUT2D eigenvalue weighted by Crippen LogP contribution is -2.31. The van der Waals surface area contributed by atoms with Gasteiger partial charge in [0.25, 0.3) is 0 Å². The minimum absolute atomic E-state index is 0.171. The zero-order valence-corrected chi connectivity index (χ0v) is 11.3. The third kappa shape index (κ3) is 2.57. The van der Waals surface area contributed by atoms with Crippen LogP contribution in [-0.4, -0.2) is 23.1 Å². The number of fused-ring (bicyclic) bond motifs is 1. The molecule has 0 aliphatic carbocycles. The van der Waals surface area contributed by atoms with E-state index in [1.807, 2.05) is 13.0 Å². The first-order valence-electron chi connectivity index (χ1n) is 6.73. The third-order valence-electron chi connectivity index (χ3n) is 3.40. The van der Waals surface area contributed by atoms with Crippen molar-refractivity contribution in [3.63, 3.8) is 0 Å². The van der Waals surface area contributed by atoms with Gasteiger partial charge in [-0.2, -0.15) is 4.98 Å². The molecule has 2 aromatic rings. The van der Waals surface area contributed by atoms with Crippen LogP contribution in [0, 0.1) is 5.82 Å². The highest BCUT2D eigenvalue weighted by atomic mass is 19.1. The lowest BCUT2D eigenvalue weighted by atomic mass is 10.00. The van der Waals surface area contributed by atoms with Crippen LogP contribution in [0.4, 0.5) is 10.2 Å². The fraction of sp³-hybridized carbons (Fsp3) is 0.333. The Balaban J connectivity index is 1.83. The van der Waals surface area contributed by atoms with E-state index in [-0.39, 0.29) is 5.82 Å². The molecule has 0 spiro atoms. The summed E-state index contributed by atoms with van der Waals surface area (Å²) in [7, 11) is 0. The Kier molecular flexibility index (Phi) is 3.50. The lowest BCUT2D eigenvalue weighted by Gasteiger charge is -2.29. The van der Waals surface area contributed by atoms with Gasteiger partial charge in [0.1, 0.15) is 5.82 Å². The summed E-state index contributed by atoms with van der Waals surface area (Å²) in [6.07, 6.45) is 4.16. The van der Waals surface area contributed by atoms with E-state index in [9.17, 15) is 4.39 Å². The Hall–Kier alpha value is -2.17. The summed E-state index contributed by atoms with van der Waals surface area (Å²) in [5.41, 5.74) is 2.22. The standard InChI is InChI=1S/C15H16FN3O/c1-2-20-15-9-17-8-14(18-15)19-6-5-11-7-13(16)4-3-12(11)10-19/h3-4,7-9H,2,5-6,10H2,1H3. The van der Waals surface area contributed by atoms with Crippen LogP contribution in [0.2, 0.25) is 0 Å². The smallest absolute Gasteiger partial charge is 0.234 e. The number of ether oxygens (including phenoxy) is 1. The molecule has 4 nitrogen and oxygen atoms in total. The van der Waals surface area contributed by atoms with Crippen molar-refractivity contribution in [3.05, 3.63) is 47.5 Å². The van der Waals surface area contributed by atoms with Gasteiger partial charge in [-0.1, -0.05) is 6.07 Å². The molecule has 3 rings (SSSR count). The second kappa shape index (κ2) is 5.45. The molecule has 20 heavy (non-hydrogen) atoms. The fourth-order valence-electron chi connectivity index (χ4n) is 2.43. The van der Waals surface area contributed by atoms with Crippen LogP contribution in [0.5, 0.6) is 5.88 Å². The number of nitrogens with zero attached hydrogens (tertiary/aromatic N) is 3. The molecule has 2 heterocycles. The van der Waals surface area contributed by atoms with Gasteiger partial charge in [-0.25, -0.2) is 4.39 Å². The summed E-state index contributed by atoms with van der Waals surface area (Å²) in [4.78, 5) is 10.7. The summed E-state index contributed by atoms with van der Waals surface area (Å²) in [6.45, 7) is 4.01.